The van der Waals surface area contributed by atoms with Gasteiger partial charge in [-0.3, -0.25) is 9.20 Å². The quantitative estimate of drug-likeness (QED) is 0.811. The van der Waals surface area contributed by atoms with Gasteiger partial charge in [-0.1, -0.05) is 6.42 Å². The molecule has 8 heteroatoms. The Hall–Kier alpha value is -2.64. The van der Waals surface area contributed by atoms with Crippen molar-refractivity contribution in [2.75, 3.05) is 19.5 Å². The third-order valence-corrected chi connectivity index (χ3v) is 4.21. The fourth-order valence-electron chi connectivity index (χ4n) is 3.03. The van der Waals surface area contributed by atoms with E-state index in [-0.39, 0.29) is 17.9 Å². The van der Waals surface area contributed by atoms with Gasteiger partial charge in [-0.25, -0.2) is 9.78 Å². The second-order valence-corrected chi connectivity index (χ2v) is 5.52. The summed E-state index contributed by atoms with van der Waals surface area (Å²) in [6.45, 7) is 0. The number of hydrogen-bond acceptors (Lipinski definition) is 6. The van der Waals surface area contributed by atoms with E-state index in [1.54, 1.807) is 23.7 Å². The number of nitrogens with one attached hydrogen (secondary N) is 2. The first-order valence-electron chi connectivity index (χ1n) is 7.54. The van der Waals surface area contributed by atoms with E-state index in [2.05, 4.69) is 20.6 Å². The first-order valence-corrected chi connectivity index (χ1v) is 7.54. The van der Waals surface area contributed by atoms with Gasteiger partial charge < -0.3 is 15.4 Å². The zero-order valence-electron chi connectivity index (χ0n) is 13.1. The number of amides is 1. The van der Waals surface area contributed by atoms with Crippen molar-refractivity contribution in [1.29, 1.82) is 0 Å². The summed E-state index contributed by atoms with van der Waals surface area (Å²) in [5.74, 6) is 0.582. The minimum atomic E-state index is -0.463. The lowest BCUT2D eigenvalue weighted by molar-refractivity contribution is -0.124. The molecule has 0 bridgehead atoms. The van der Waals surface area contributed by atoms with Crippen LogP contribution in [0.1, 0.15) is 29.8 Å². The number of methoxy groups -OCH3 is 1. The largest absolute Gasteiger partial charge is 0.464 e. The smallest absolute Gasteiger partial charge is 0.356 e. The van der Waals surface area contributed by atoms with Crippen LogP contribution in [0.3, 0.4) is 0 Å². The molecular weight excluding hydrogens is 298 g/mol. The summed E-state index contributed by atoms with van der Waals surface area (Å²) in [5, 5.41) is 6.02. The normalized spacial score (nSPS) is 20.4. The molecule has 1 saturated carbocycles. The molecule has 3 rings (SSSR count). The molecule has 2 aromatic rings. The van der Waals surface area contributed by atoms with Crippen LogP contribution in [0, 0.1) is 5.92 Å². The highest BCUT2D eigenvalue weighted by molar-refractivity contribution is 5.88. The Balaban J connectivity index is 1.81. The average Bonchev–Trinajstić information content (AvgIpc) is 3.20. The zero-order valence-corrected chi connectivity index (χ0v) is 13.1. The molecule has 1 amide bonds. The van der Waals surface area contributed by atoms with E-state index in [0.29, 0.717) is 17.3 Å². The lowest BCUT2D eigenvalue weighted by Gasteiger charge is -2.20. The first kappa shape index (κ1) is 15.3. The Morgan fingerprint density at radius 3 is 2.96 bits per heavy atom. The van der Waals surface area contributed by atoms with Crippen molar-refractivity contribution in [1.82, 2.24) is 19.7 Å². The van der Waals surface area contributed by atoms with Crippen molar-refractivity contribution in [3.05, 3.63) is 24.2 Å². The van der Waals surface area contributed by atoms with Gasteiger partial charge in [0.15, 0.2) is 5.69 Å². The molecule has 0 radical (unpaired) electrons. The number of carbonyl (C=O) groups is 2. The molecule has 0 aromatic carbocycles. The van der Waals surface area contributed by atoms with Crippen LogP contribution in [-0.2, 0) is 9.53 Å². The van der Waals surface area contributed by atoms with Gasteiger partial charge >= 0.3 is 5.97 Å². The van der Waals surface area contributed by atoms with Gasteiger partial charge in [0, 0.05) is 19.3 Å². The maximum atomic E-state index is 11.9. The molecule has 2 N–H and O–H groups in total. The number of anilines is 1. The highest BCUT2D eigenvalue weighted by Crippen LogP contribution is 2.28. The fourth-order valence-corrected chi connectivity index (χ4v) is 3.03. The van der Waals surface area contributed by atoms with Gasteiger partial charge in [0.2, 0.25) is 11.7 Å². The number of hydrogen-bond donors (Lipinski definition) is 2. The van der Waals surface area contributed by atoms with Crippen molar-refractivity contribution < 1.29 is 14.3 Å². The van der Waals surface area contributed by atoms with E-state index in [4.69, 9.17) is 4.74 Å². The van der Waals surface area contributed by atoms with E-state index in [9.17, 15) is 9.59 Å². The predicted octanol–water partition coefficient (Wildman–Crippen LogP) is 0.842. The third kappa shape index (κ3) is 2.84. The molecular formula is C15H19N5O3. The Kier molecular flexibility index (Phi) is 4.14. The van der Waals surface area contributed by atoms with Gasteiger partial charge in [0.1, 0.15) is 5.82 Å². The third-order valence-electron chi connectivity index (χ3n) is 4.21. The molecule has 2 heterocycles. The molecule has 8 nitrogen and oxygen atoms in total. The van der Waals surface area contributed by atoms with E-state index < -0.39 is 5.97 Å². The topological polar surface area (TPSA) is 97.6 Å². The van der Waals surface area contributed by atoms with Crippen LogP contribution in [0.5, 0.6) is 0 Å². The van der Waals surface area contributed by atoms with Crippen LogP contribution in [0.15, 0.2) is 18.5 Å². The van der Waals surface area contributed by atoms with Crippen LogP contribution >= 0.6 is 0 Å². The van der Waals surface area contributed by atoms with E-state index in [1.807, 2.05) is 0 Å². The molecule has 2 aromatic heterocycles. The van der Waals surface area contributed by atoms with E-state index >= 15 is 0 Å². The minimum absolute atomic E-state index is 0.0508. The molecule has 23 heavy (non-hydrogen) atoms. The minimum Gasteiger partial charge on any atom is -0.464 e. The average molecular weight is 317 g/mol. The monoisotopic (exact) mass is 317 g/mol. The number of esters is 1. The van der Waals surface area contributed by atoms with Crippen LogP contribution in [0.4, 0.5) is 5.82 Å². The Bertz CT molecular complexity index is 742. The lowest BCUT2D eigenvalue weighted by atomic mass is 10.0. The van der Waals surface area contributed by atoms with Crippen LogP contribution < -0.4 is 10.6 Å². The number of carbonyl (C=O) groups excluding carboxylic acids is 2. The van der Waals surface area contributed by atoms with Gasteiger partial charge in [0.05, 0.1) is 19.2 Å². The zero-order chi connectivity index (χ0) is 16.4. The summed E-state index contributed by atoms with van der Waals surface area (Å²) in [6.07, 6.45) is 5.95. The number of rotatable bonds is 4. The molecule has 1 aliphatic carbocycles. The summed E-state index contributed by atoms with van der Waals surface area (Å²) in [6, 6.07) is 1.82. The van der Waals surface area contributed by atoms with Crippen LogP contribution in [0.2, 0.25) is 0 Å². The number of imidazole rings is 1. The fraction of sp³-hybridized carbons (Fsp3) is 0.467. The number of fused-ring (bicyclic) bond motifs is 1. The van der Waals surface area contributed by atoms with Gasteiger partial charge in [-0.2, -0.15) is 4.98 Å². The van der Waals surface area contributed by atoms with Crippen molar-refractivity contribution >= 4 is 23.5 Å². The molecule has 122 valence electrons. The summed E-state index contributed by atoms with van der Waals surface area (Å²) >= 11 is 0. The van der Waals surface area contributed by atoms with Gasteiger partial charge in [-0.05, 0) is 18.9 Å². The summed E-state index contributed by atoms with van der Waals surface area (Å²) in [7, 11) is 2.98. The van der Waals surface area contributed by atoms with Crippen molar-refractivity contribution in [3.8, 4) is 0 Å². The Morgan fingerprint density at radius 1 is 1.39 bits per heavy atom. The van der Waals surface area contributed by atoms with Crippen molar-refractivity contribution in [2.45, 2.75) is 25.3 Å². The first-order chi connectivity index (χ1) is 11.1. The molecule has 0 saturated heterocycles. The second-order valence-electron chi connectivity index (χ2n) is 5.52. The maximum Gasteiger partial charge on any atom is 0.356 e. The van der Waals surface area contributed by atoms with Crippen molar-refractivity contribution in [2.24, 2.45) is 5.92 Å². The van der Waals surface area contributed by atoms with Crippen molar-refractivity contribution in [3.63, 3.8) is 0 Å². The predicted molar refractivity (Wildman–Crippen MR) is 83.1 cm³/mol. The molecule has 2 atom stereocenters. The second kappa shape index (κ2) is 6.23. The van der Waals surface area contributed by atoms with Crippen LogP contribution in [0.25, 0.3) is 5.78 Å². The van der Waals surface area contributed by atoms with E-state index in [1.165, 1.54) is 13.3 Å². The Labute approximate surface area is 133 Å². The molecule has 1 aliphatic rings. The highest BCUT2D eigenvalue weighted by Gasteiger charge is 2.32. The van der Waals surface area contributed by atoms with Crippen LogP contribution in [-0.4, -0.2) is 46.4 Å². The number of aromatic nitrogens is 3. The molecule has 1 fully saturated rings. The number of nitrogens with zero attached hydrogens (tertiary/aromatic N) is 3. The highest BCUT2D eigenvalue weighted by atomic mass is 16.5. The molecule has 0 spiro atoms. The summed E-state index contributed by atoms with van der Waals surface area (Å²) in [5.41, 5.74) is 0.325. The summed E-state index contributed by atoms with van der Waals surface area (Å²) < 4.78 is 6.28. The van der Waals surface area contributed by atoms with Gasteiger partial charge in [-0.15, -0.1) is 0 Å². The molecule has 0 aliphatic heterocycles. The molecule has 0 unspecified atom stereocenters. The SMILES string of the molecule is CNC(=O)[C@@H]1CCC[C@@H]1Nc1ccn2c(C(=O)OC)cnc2n1. The van der Waals surface area contributed by atoms with E-state index in [0.717, 1.165) is 19.3 Å². The lowest BCUT2D eigenvalue weighted by Crippen LogP contribution is -2.36. The maximum absolute atomic E-state index is 11.9. The van der Waals surface area contributed by atoms with Gasteiger partial charge in [0.25, 0.3) is 0 Å². The standard InChI is InChI=1S/C15H19N5O3/c1-16-13(21)9-4-3-5-10(9)18-12-6-7-20-11(14(22)23-2)8-17-15(20)19-12/h6-10H,3-5H2,1-2H3,(H,16,21)(H,17,18,19)/t9-,10+/m1/s1. The Morgan fingerprint density at radius 2 is 2.22 bits per heavy atom. The summed E-state index contributed by atoms with van der Waals surface area (Å²) in [4.78, 5) is 32.1. The number of ether oxygens (including phenoxy) is 1.